The molecular weight excluding hydrogens is 228 g/mol. The Morgan fingerprint density at radius 2 is 2.25 bits per heavy atom. The van der Waals surface area contributed by atoms with Gasteiger partial charge in [-0.2, -0.15) is 0 Å². The molecule has 0 aliphatic carbocycles. The van der Waals surface area contributed by atoms with E-state index in [1.165, 1.54) is 11.8 Å². The maximum Gasteiger partial charge on any atom is 0.191 e. The maximum atomic E-state index is 11.9. The third kappa shape index (κ3) is 1.85. The number of aliphatic hydroxyl groups excluding tert-OH is 1. The van der Waals surface area contributed by atoms with E-state index in [9.17, 15) is 9.90 Å². The Morgan fingerprint density at radius 3 is 2.81 bits per heavy atom. The third-order valence-electron chi connectivity index (χ3n) is 2.76. The summed E-state index contributed by atoms with van der Waals surface area (Å²) in [7, 11) is 3.75. The van der Waals surface area contributed by atoms with E-state index < -0.39 is 18.2 Å². The highest BCUT2D eigenvalue weighted by Gasteiger charge is 2.47. The van der Waals surface area contributed by atoms with Crippen LogP contribution in [0, 0.1) is 0 Å². The molecule has 2 aliphatic heterocycles. The van der Waals surface area contributed by atoms with Gasteiger partial charge in [0.1, 0.15) is 17.6 Å². The Balaban J connectivity index is 2.17. The summed E-state index contributed by atoms with van der Waals surface area (Å²) in [5.74, 6) is -0.215. The van der Waals surface area contributed by atoms with E-state index in [-0.39, 0.29) is 11.2 Å². The molecule has 90 valence electrons. The molecule has 2 heterocycles. The summed E-state index contributed by atoms with van der Waals surface area (Å²) >= 11 is 1.45. The number of ether oxygens (including phenoxy) is 1. The molecular formula is C10H16N2O3S. The van der Waals surface area contributed by atoms with Gasteiger partial charge in [0, 0.05) is 14.1 Å². The van der Waals surface area contributed by atoms with Gasteiger partial charge in [-0.25, -0.2) is 4.99 Å². The van der Waals surface area contributed by atoms with E-state index >= 15 is 0 Å². The first kappa shape index (κ1) is 11.9. The number of thioether (sulfide) groups is 1. The fourth-order valence-corrected chi connectivity index (χ4v) is 2.94. The highest BCUT2D eigenvalue weighted by atomic mass is 32.2. The number of amidine groups is 1. The molecule has 0 aromatic heterocycles. The number of carbonyl (C=O) groups excluding carboxylic acids is 1. The lowest BCUT2D eigenvalue weighted by atomic mass is 9.99. The van der Waals surface area contributed by atoms with Crippen molar-refractivity contribution in [3.63, 3.8) is 0 Å². The maximum absolute atomic E-state index is 11.9. The molecule has 16 heavy (non-hydrogen) atoms. The molecule has 0 aromatic rings. The minimum Gasteiger partial charge on any atom is -0.382 e. The van der Waals surface area contributed by atoms with E-state index in [2.05, 4.69) is 4.99 Å². The number of hydrogen-bond acceptors (Lipinski definition) is 6. The van der Waals surface area contributed by atoms with E-state index in [1.54, 1.807) is 0 Å². The second kappa shape index (κ2) is 4.35. The molecule has 0 radical (unpaired) electrons. The fourth-order valence-electron chi connectivity index (χ4n) is 1.82. The van der Waals surface area contributed by atoms with Gasteiger partial charge in [-0.15, -0.1) is 0 Å². The predicted molar refractivity (Wildman–Crippen MR) is 62.5 cm³/mol. The molecule has 1 N–H and O–H groups in total. The van der Waals surface area contributed by atoms with Crippen molar-refractivity contribution in [3.8, 4) is 0 Å². The van der Waals surface area contributed by atoms with Crippen molar-refractivity contribution in [3.05, 3.63) is 0 Å². The van der Waals surface area contributed by atoms with Crippen molar-refractivity contribution < 1.29 is 14.6 Å². The molecule has 1 saturated heterocycles. The number of nitrogens with zero attached hydrogens (tertiary/aromatic N) is 2. The predicted octanol–water partition coefficient (Wildman–Crippen LogP) is 0.0843. The van der Waals surface area contributed by atoms with Crippen molar-refractivity contribution in [1.82, 2.24) is 4.90 Å². The number of fused-ring (bicyclic) bond motifs is 1. The molecule has 0 unspecified atom stereocenters. The van der Waals surface area contributed by atoms with Gasteiger partial charge in [0.15, 0.2) is 11.0 Å². The topological polar surface area (TPSA) is 62.1 Å². The molecule has 0 amide bonds. The first-order valence-electron chi connectivity index (χ1n) is 5.33. The zero-order valence-electron chi connectivity index (χ0n) is 9.58. The molecule has 0 aromatic carbocycles. The molecule has 4 atom stereocenters. The summed E-state index contributed by atoms with van der Waals surface area (Å²) < 4.78 is 5.67. The van der Waals surface area contributed by atoms with Crippen molar-refractivity contribution >= 4 is 22.7 Å². The number of hydrogen-bond donors (Lipinski definition) is 1. The van der Waals surface area contributed by atoms with Crippen LogP contribution >= 0.6 is 11.8 Å². The van der Waals surface area contributed by atoms with Crippen molar-refractivity contribution in [2.45, 2.75) is 37.0 Å². The van der Waals surface area contributed by atoms with E-state index in [0.29, 0.717) is 6.42 Å². The molecule has 2 rings (SSSR count). The van der Waals surface area contributed by atoms with Gasteiger partial charge in [-0.05, 0) is 6.42 Å². The highest BCUT2D eigenvalue weighted by molar-refractivity contribution is 8.14. The zero-order valence-corrected chi connectivity index (χ0v) is 10.4. The van der Waals surface area contributed by atoms with Crippen LogP contribution in [-0.4, -0.2) is 58.7 Å². The SMILES string of the molecule is CC[C@H]1O[C@@H]2SC(N(C)C)=N[C@@H]2C(=O)[C@@H]1O. The number of ketones is 1. The molecule has 0 spiro atoms. The average molecular weight is 244 g/mol. The zero-order chi connectivity index (χ0) is 11.9. The van der Waals surface area contributed by atoms with Gasteiger partial charge in [-0.3, -0.25) is 4.79 Å². The largest absolute Gasteiger partial charge is 0.382 e. The monoisotopic (exact) mass is 244 g/mol. The average Bonchev–Trinajstić information content (AvgIpc) is 2.67. The van der Waals surface area contributed by atoms with Crippen LogP contribution in [0.1, 0.15) is 13.3 Å². The summed E-state index contributed by atoms with van der Waals surface area (Å²) in [6.45, 7) is 1.90. The van der Waals surface area contributed by atoms with Crippen LogP contribution in [0.3, 0.4) is 0 Å². The molecule has 5 nitrogen and oxygen atoms in total. The van der Waals surface area contributed by atoms with Gasteiger partial charge in [-0.1, -0.05) is 18.7 Å². The van der Waals surface area contributed by atoms with Crippen molar-refractivity contribution in [1.29, 1.82) is 0 Å². The van der Waals surface area contributed by atoms with Crippen LogP contribution in [0.4, 0.5) is 0 Å². The molecule has 6 heteroatoms. The first-order chi connectivity index (χ1) is 7.54. The van der Waals surface area contributed by atoms with E-state index in [1.807, 2.05) is 25.9 Å². The van der Waals surface area contributed by atoms with Crippen LogP contribution < -0.4 is 0 Å². The molecule has 0 saturated carbocycles. The van der Waals surface area contributed by atoms with Gasteiger partial charge >= 0.3 is 0 Å². The standard InChI is InChI=1S/C10H16N2O3S/c1-4-5-7(13)8(14)6-9(15-5)16-10(11-6)12(2)3/h5-7,9,13H,4H2,1-3H3/t5-,6-,7-,9-/m1/s1. The Labute approximate surface area is 98.9 Å². The molecule has 1 fully saturated rings. The van der Waals surface area contributed by atoms with Crippen molar-refractivity contribution in [2.75, 3.05) is 14.1 Å². The van der Waals surface area contributed by atoms with Gasteiger partial charge in [0.05, 0.1) is 6.10 Å². The van der Waals surface area contributed by atoms with E-state index in [4.69, 9.17) is 4.74 Å². The Bertz CT molecular complexity index is 332. The Kier molecular flexibility index (Phi) is 3.23. The third-order valence-corrected chi connectivity index (χ3v) is 4.04. The fraction of sp³-hybridized carbons (Fsp3) is 0.800. The Hall–Kier alpha value is -0.590. The lowest BCUT2D eigenvalue weighted by molar-refractivity contribution is -0.152. The van der Waals surface area contributed by atoms with Crippen LogP contribution in [0.15, 0.2) is 4.99 Å². The number of aliphatic imine (C=N–C) groups is 1. The summed E-state index contributed by atoms with van der Waals surface area (Å²) in [6.07, 6.45) is -0.788. The second-order valence-electron chi connectivity index (χ2n) is 4.17. The first-order valence-corrected chi connectivity index (χ1v) is 6.21. The molecule has 2 aliphatic rings. The summed E-state index contributed by atoms with van der Waals surface area (Å²) in [4.78, 5) is 18.0. The van der Waals surface area contributed by atoms with Gasteiger partial charge in [0.25, 0.3) is 0 Å². The summed E-state index contributed by atoms with van der Waals surface area (Å²) in [6, 6.07) is -0.541. The van der Waals surface area contributed by atoms with E-state index in [0.717, 1.165) is 5.17 Å². The van der Waals surface area contributed by atoms with Crippen LogP contribution in [0.5, 0.6) is 0 Å². The van der Waals surface area contributed by atoms with Crippen LogP contribution in [0.2, 0.25) is 0 Å². The second-order valence-corrected chi connectivity index (χ2v) is 5.23. The lowest BCUT2D eigenvalue weighted by Gasteiger charge is -2.32. The summed E-state index contributed by atoms with van der Waals surface area (Å²) in [5.41, 5.74) is -0.266. The molecule has 0 bridgehead atoms. The van der Waals surface area contributed by atoms with Gasteiger partial charge in [0.2, 0.25) is 0 Å². The number of aliphatic hydroxyl groups is 1. The normalized spacial score (nSPS) is 38.2. The van der Waals surface area contributed by atoms with Crippen LogP contribution in [0.25, 0.3) is 0 Å². The highest BCUT2D eigenvalue weighted by Crippen LogP contribution is 2.35. The minimum absolute atomic E-state index is 0.215. The number of Topliss-reactive ketones (excluding diaryl/α,β-unsaturated/α-hetero) is 1. The Morgan fingerprint density at radius 1 is 1.56 bits per heavy atom. The summed E-state index contributed by atoms with van der Waals surface area (Å²) in [5, 5.41) is 10.5. The lowest BCUT2D eigenvalue weighted by Crippen LogP contribution is -2.51. The smallest absolute Gasteiger partial charge is 0.191 e. The number of carbonyl (C=O) groups is 1. The quantitative estimate of drug-likeness (QED) is 0.708. The van der Waals surface area contributed by atoms with Crippen LogP contribution in [-0.2, 0) is 9.53 Å². The number of rotatable bonds is 1. The van der Waals surface area contributed by atoms with Crippen molar-refractivity contribution in [2.24, 2.45) is 4.99 Å². The van der Waals surface area contributed by atoms with Gasteiger partial charge < -0.3 is 14.7 Å². The minimum atomic E-state index is -1.03.